The van der Waals surface area contributed by atoms with Crippen LogP contribution in [0.4, 0.5) is 0 Å². The van der Waals surface area contributed by atoms with Gasteiger partial charge in [-0.2, -0.15) is 0 Å². The number of carbonyl (C=O) groups is 1. The molecule has 0 fully saturated rings. The van der Waals surface area contributed by atoms with E-state index in [0.29, 0.717) is 16.3 Å². The predicted octanol–water partition coefficient (Wildman–Crippen LogP) is 3.63. The number of fused-ring (bicyclic) bond motifs is 1. The first-order chi connectivity index (χ1) is 10.2. The highest BCUT2D eigenvalue weighted by atomic mass is 35.5. The van der Waals surface area contributed by atoms with Crippen LogP contribution in [0.25, 0.3) is 0 Å². The standard InChI is InChI=1S/C15H16ClN3OS/c16-12-6-4-5-11(9-12)13(20)10-21-15-18-17-14-7-2-1-3-8-19(14)15/h4-6,9H,1-3,7-8,10H2. The first-order valence-corrected chi connectivity index (χ1v) is 8.44. The van der Waals surface area contributed by atoms with Gasteiger partial charge in [-0.3, -0.25) is 4.79 Å². The second-order valence-corrected chi connectivity index (χ2v) is 6.46. The van der Waals surface area contributed by atoms with Crippen LogP contribution in [0.2, 0.25) is 5.02 Å². The van der Waals surface area contributed by atoms with Crippen molar-refractivity contribution in [3.63, 3.8) is 0 Å². The molecule has 1 aromatic carbocycles. The summed E-state index contributed by atoms with van der Waals surface area (Å²) in [4.78, 5) is 12.2. The fourth-order valence-electron chi connectivity index (χ4n) is 2.44. The number of ketones is 1. The average molecular weight is 322 g/mol. The molecular formula is C15H16ClN3OS. The molecule has 0 amide bonds. The highest BCUT2D eigenvalue weighted by molar-refractivity contribution is 7.99. The third-order valence-corrected chi connectivity index (χ3v) is 4.76. The molecule has 0 aliphatic carbocycles. The fourth-order valence-corrected chi connectivity index (χ4v) is 3.51. The maximum Gasteiger partial charge on any atom is 0.191 e. The van der Waals surface area contributed by atoms with Crippen molar-refractivity contribution in [1.82, 2.24) is 14.8 Å². The Morgan fingerprint density at radius 3 is 3.05 bits per heavy atom. The lowest BCUT2D eigenvalue weighted by Crippen LogP contribution is -2.06. The third kappa shape index (κ3) is 3.47. The van der Waals surface area contributed by atoms with Crippen LogP contribution >= 0.6 is 23.4 Å². The second-order valence-electron chi connectivity index (χ2n) is 5.08. The number of rotatable bonds is 4. The van der Waals surface area contributed by atoms with Gasteiger partial charge in [-0.05, 0) is 25.0 Å². The lowest BCUT2D eigenvalue weighted by Gasteiger charge is -2.06. The monoisotopic (exact) mass is 321 g/mol. The van der Waals surface area contributed by atoms with Crippen LogP contribution in [0.3, 0.4) is 0 Å². The summed E-state index contributed by atoms with van der Waals surface area (Å²) in [6.07, 6.45) is 4.54. The van der Waals surface area contributed by atoms with Crippen molar-refractivity contribution in [1.29, 1.82) is 0 Å². The summed E-state index contributed by atoms with van der Waals surface area (Å²) in [6, 6.07) is 7.06. The molecule has 0 unspecified atom stereocenters. The van der Waals surface area contributed by atoms with Crippen LogP contribution in [0.15, 0.2) is 29.4 Å². The third-order valence-electron chi connectivity index (χ3n) is 3.55. The van der Waals surface area contributed by atoms with Gasteiger partial charge in [0.15, 0.2) is 10.9 Å². The SMILES string of the molecule is O=C(CSc1nnc2n1CCCCC2)c1cccc(Cl)c1. The Morgan fingerprint density at radius 2 is 2.19 bits per heavy atom. The van der Waals surface area contributed by atoms with E-state index in [-0.39, 0.29) is 5.78 Å². The molecule has 0 saturated carbocycles. The number of hydrogen-bond acceptors (Lipinski definition) is 4. The Bertz CT molecular complexity index is 656. The second kappa shape index (κ2) is 6.62. The number of aryl methyl sites for hydroxylation is 1. The zero-order chi connectivity index (χ0) is 14.7. The molecule has 0 radical (unpaired) electrons. The van der Waals surface area contributed by atoms with Crippen molar-refractivity contribution >= 4 is 29.1 Å². The summed E-state index contributed by atoms with van der Waals surface area (Å²) in [7, 11) is 0. The van der Waals surface area contributed by atoms with Crippen LogP contribution in [-0.2, 0) is 13.0 Å². The quantitative estimate of drug-likeness (QED) is 0.637. The number of Topliss-reactive ketones (excluding diaryl/α,β-unsaturated/α-hetero) is 1. The van der Waals surface area contributed by atoms with E-state index in [4.69, 9.17) is 11.6 Å². The molecule has 0 N–H and O–H groups in total. The lowest BCUT2D eigenvalue weighted by atomic mass is 10.1. The summed E-state index contributed by atoms with van der Waals surface area (Å²) in [6.45, 7) is 0.954. The van der Waals surface area contributed by atoms with Gasteiger partial charge in [0, 0.05) is 23.6 Å². The van der Waals surface area contributed by atoms with E-state index >= 15 is 0 Å². The molecule has 2 aromatic rings. The van der Waals surface area contributed by atoms with Gasteiger partial charge in [-0.25, -0.2) is 0 Å². The molecule has 0 bridgehead atoms. The number of carbonyl (C=O) groups excluding carboxylic acids is 1. The Hall–Kier alpha value is -1.33. The lowest BCUT2D eigenvalue weighted by molar-refractivity contribution is 0.102. The van der Waals surface area contributed by atoms with E-state index in [1.165, 1.54) is 24.6 Å². The molecule has 4 nitrogen and oxygen atoms in total. The van der Waals surface area contributed by atoms with Crippen LogP contribution in [-0.4, -0.2) is 26.3 Å². The molecule has 0 saturated heterocycles. The van der Waals surface area contributed by atoms with E-state index in [0.717, 1.165) is 30.4 Å². The molecule has 6 heteroatoms. The number of thioether (sulfide) groups is 1. The van der Waals surface area contributed by atoms with Crippen LogP contribution in [0, 0.1) is 0 Å². The van der Waals surface area contributed by atoms with Crippen molar-refractivity contribution in [3.05, 3.63) is 40.7 Å². The van der Waals surface area contributed by atoms with E-state index < -0.39 is 0 Å². The fraction of sp³-hybridized carbons (Fsp3) is 0.400. The summed E-state index contributed by atoms with van der Waals surface area (Å²) >= 11 is 7.37. The number of hydrogen-bond donors (Lipinski definition) is 0. The topological polar surface area (TPSA) is 47.8 Å². The summed E-state index contributed by atoms with van der Waals surface area (Å²) in [5.74, 6) is 1.47. The molecular weight excluding hydrogens is 306 g/mol. The minimum Gasteiger partial charge on any atom is -0.306 e. The van der Waals surface area contributed by atoms with Gasteiger partial charge in [0.2, 0.25) is 0 Å². The molecule has 1 aromatic heterocycles. The maximum atomic E-state index is 12.2. The summed E-state index contributed by atoms with van der Waals surface area (Å²) in [5.41, 5.74) is 0.644. The van der Waals surface area contributed by atoms with Crippen molar-refractivity contribution in [2.75, 3.05) is 5.75 Å². The van der Waals surface area contributed by atoms with E-state index in [9.17, 15) is 4.79 Å². The van der Waals surface area contributed by atoms with Crippen LogP contribution in [0.5, 0.6) is 0 Å². The van der Waals surface area contributed by atoms with Crippen LogP contribution in [0.1, 0.15) is 35.4 Å². The largest absolute Gasteiger partial charge is 0.306 e. The van der Waals surface area contributed by atoms with Crippen molar-refractivity contribution in [2.24, 2.45) is 0 Å². The Labute approximate surface area is 132 Å². The molecule has 1 aliphatic rings. The molecule has 1 aliphatic heterocycles. The van der Waals surface area contributed by atoms with E-state index in [1.807, 2.05) is 0 Å². The van der Waals surface area contributed by atoms with E-state index in [2.05, 4.69) is 14.8 Å². The first kappa shape index (κ1) is 14.6. The minimum atomic E-state index is 0.0634. The van der Waals surface area contributed by atoms with Gasteiger partial charge < -0.3 is 4.57 Å². The Kier molecular flexibility index (Phi) is 4.60. The van der Waals surface area contributed by atoms with Gasteiger partial charge in [0.25, 0.3) is 0 Å². The molecule has 3 rings (SSSR count). The zero-order valence-electron chi connectivity index (χ0n) is 11.6. The molecule has 0 atom stereocenters. The number of benzene rings is 1. The molecule has 0 spiro atoms. The number of halogens is 1. The average Bonchev–Trinajstić information content (AvgIpc) is 2.72. The Balaban J connectivity index is 1.68. The van der Waals surface area contributed by atoms with Gasteiger partial charge >= 0.3 is 0 Å². The molecule has 2 heterocycles. The van der Waals surface area contributed by atoms with Gasteiger partial charge in [0.05, 0.1) is 5.75 Å². The number of nitrogens with zero attached hydrogens (tertiary/aromatic N) is 3. The minimum absolute atomic E-state index is 0.0634. The summed E-state index contributed by atoms with van der Waals surface area (Å²) < 4.78 is 2.16. The van der Waals surface area contributed by atoms with Crippen LogP contribution < -0.4 is 0 Å². The van der Waals surface area contributed by atoms with Gasteiger partial charge in [-0.1, -0.05) is 41.9 Å². The smallest absolute Gasteiger partial charge is 0.191 e. The van der Waals surface area contributed by atoms with Gasteiger partial charge in [-0.15, -0.1) is 10.2 Å². The highest BCUT2D eigenvalue weighted by Gasteiger charge is 2.16. The zero-order valence-corrected chi connectivity index (χ0v) is 13.2. The molecule has 110 valence electrons. The predicted molar refractivity (Wildman–Crippen MR) is 84.1 cm³/mol. The first-order valence-electron chi connectivity index (χ1n) is 7.08. The Morgan fingerprint density at radius 1 is 1.29 bits per heavy atom. The number of aromatic nitrogens is 3. The summed E-state index contributed by atoms with van der Waals surface area (Å²) in [5, 5.41) is 9.90. The maximum absolute atomic E-state index is 12.2. The van der Waals surface area contributed by atoms with Crippen molar-refractivity contribution in [3.8, 4) is 0 Å². The normalized spacial score (nSPS) is 14.5. The van der Waals surface area contributed by atoms with Crippen molar-refractivity contribution in [2.45, 2.75) is 37.4 Å². The highest BCUT2D eigenvalue weighted by Crippen LogP contribution is 2.23. The van der Waals surface area contributed by atoms with Gasteiger partial charge in [0.1, 0.15) is 5.82 Å². The molecule has 21 heavy (non-hydrogen) atoms. The van der Waals surface area contributed by atoms with E-state index in [1.54, 1.807) is 24.3 Å². The van der Waals surface area contributed by atoms with Crippen molar-refractivity contribution < 1.29 is 4.79 Å².